The van der Waals surface area contributed by atoms with Crippen molar-refractivity contribution < 1.29 is 14.3 Å². The Bertz CT molecular complexity index is 659. The molecule has 0 fully saturated rings. The van der Waals surface area contributed by atoms with E-state index in [1.807, 2.05) is 30.3 Å². The Hall–Kier alpha value is -2.95. The van der Waals surface area contributed by atoms with Crippen LogP contribution in [-0.4, -0.2) is 13.1 Å². The lowest BCUT2D eigenvalue weighted by Crippen LogP contribution is -2.01. The number of methoxy groups -OCH3 is 1. The second-order valence-corrected chi connectivity index (χ2v) is 4.66. The molecular weight excluding hydrogens is 280 g/mol. The third-order valence-electron chi connectivity index (χ3n) is 3.01. The predicted octanol–water partition coefficient (Wildman–Crippen LogP) is 2.62. The number of nitrogen functional groups attached to an aromatic ring is 2. The number of rotatable bonds is 5. The highest BCUT2D eigenvalue weighted by Crippen LogP contribution is 2.30. The van der Waals surface area contributed by atoms with Crippen LogP contribution >= 0.6 is 0 Å². The summed E-state index contributed by atoms with van der Waals surface area (Å²) in [7, 11) is 1.50. The Morgan fingerprint density at radius 1 is 1.14 bits per heavy atom. The minimum Gasteiger partial charge on any atom is -0.492 e. The first-order chi connectivity index (χ1) is 10.6. The molecule has 22 heavy (non-hydrogen) atoms. The van der Waals surface area contributed by atoms with Crippen LogP contribution in [0.3, 0.4) is 0 Å². The molecule has 5 heteroatoms. The van der Waals surface area contributed by atoms with Crippen molar-refractivity contribution in [1.29, 1.82) is 0 Å². The molecule has 0 heterocycles. The first kappa shape index (κ1) is 15.4. The van der Waals surface area contributed by atoms with Crippen molar-refractivity contribution in [2.24, 2.45) is 0 Å². The summed E-state index contributed by atoms with van der Waals surface area (Å²) in [6, 6.07) is 12.8. The van der Waals surface area contributed by atoms with Gasteiger partial charge in [-0.25, -0.2) is 4.79 Å². The Kier molecular flexibility index (Phi) is 5.03. The van der Waals surface area contributed by atoms with E-state index in [2.05, 4.69) is 0 Å². The quantitative estimate of drug-likeness (QED) is 0.503. The molecule has 0 radical (unpaired) electrons. The Balaban J connectivity index is 1.98. The highest BCUT2D eigenvalue weighted by Gasteiger charge is 2.05. The minimum absolute atomic E-state index is 0.233. The summed E-state index contributed by atoms with van der Waals surface area (Å²) < 4.78 is 10.2. The number of anilines is 2. The molecule has 0 saturated carbocycles. The minimum atomic E-state index is -0.434. The van der Waals surface area contributed by atoms with E-state index >= 15 is 0 Å². The molecule has 2 aromatic carbocycles. The van der Waals surface area contributed by atoms with Gasteiger partial charge in [0.25, 0.3) is 0 Å². The summed E-state index contributed by atoms with van der Waals surface area (Å²) >= 11 is 0. The van der Waals surface area contributed by atoms with Gasteiger partial charge in [-0.05, 0) is 29.3 Å². The summed E-state index contributed by atoms with van der Waals surface area (Å²) in [5.41, 5.74) is 14.1. The first-order valence-electron chi connectivity index (χ1n) is 6.72. The molecule has 4 N–H and O–H groups in total. The molecule has 0 spiro atoms. The van der Waals surface area contributed by atoms with E-state index in [0.29, 0.717) is 22.7 Å². The number of carbonyl (C=O) groups excluding carboxylic acids is 1. The summed E-state index contributed by atoms with van der Waals surface area (Å²) in [5.74, 6) is 0.000572. The van der Waals surface area contributed by atoms with Crippen LogP contribution in [0, 0.1) is 0 Å². The fourth-order valence-corrected chi connectivity index (χ4v) is 1.97. The molecule has 0 aromatic heterocycles. The molecule has 5 nitrogen and oxygen atoms in total. The molecule has 0 aliphatic heterocycles. The van der Waals surface area contributed by atoms with Crippen LogP contribution in [0.15, 0.2) is 48.5 Å². The van der Waals surface area contributed by atoms with Crippen LogP contribution in [0.4, 0.5) is 11.4 Å². The molecule has 114 valence electrons. The van der Waals surface area contributed by atoms with Gasteiger partial charge in [0.1, 0.15) is 6.61 Å². The van der Waals surface area contributed by atoms with Crippen LogP contribution in [-0.2, 0) is 16.1 Å². The summed E-state index contributed by atoms with van der Waals surface area (Å²) in [6.07, 6.45) is 2.93. The van der Waals surface area contributed by atoms with Crippen LogP contribution in [0.5, 0.6) is 5.75 Å². The Morgan fingerprint density at radius 3 is 2.36 bits per heavy atom. The lowest BCUT2D eigenvalue weighted by atomic mass is 10.1. The molecule has 2 rings (SSSR count). The van der Waals surface area contributed by atoms with Crippen molar-refractivity contribution in [1.82, 2.24) is 0 Å². The van der Waals surface area contributed by atoms with Crippen molar-refractivity contribution >= 4 is 23.4 Å². The van der Waals surface area contributed by atoms with Crippen LogP contribution in [0.1, 0.15) is 11.1 Å². The van der Waals surface area contributed by atoms with Gasteiger partial charge >= 0.3 is 5.97 Å². The van der Waals surface area contributed by atoms with Crippen molar-refractivity contribution in [2.45, 2.75) is 6.61 Å². The van der Waals surface area contributed by atoms with Gasteiger partial charge in [0, 0.05) is 6.08 Å². The summed E-state index contributed by atoms with van der Waals surface area (Å²) in [6.45, 7) is 0.233. The number of esters is 1. The van der Waals surface area contributed by atoms with Gasteiger partial charge in [0.05, 0.1) is 18.5 Å². The largest absolute Gasteiger partial charge is 0.492 e. The lowest BCUT2D eigenvalue weighted by molar-refractivity contribution is -0.138. The van der Waals surface area contributed by atoms with Crippen LogP contribution in [0.25, 0.3) is 6.08 Å². The van der Waals surface area contributed by atoms with Gasteiger partial charge < -0.3 is 20.9 Å². The number of hydrogen-bond donors (Lipinski definition) is 2. The number of ether oxygens (including phenoxy) is 2. The Labute approximate surface area is 129 Å². The molecule has 0 atom stereocenters. The molecule has 0 aliphatic carbocycles. The normalized spacial score (nSPS) is 10.6. The maximum atomic E-state index is 11.7. The molecular formula is C17H18N2O3. The molecule has 2 aromatic rings. The second-order valence-electron chi connectivity index (χ2n) is 4.66. The van der Waals surface area contributed by atoms with Crippen molar-refractivity contribution in [3.05, 3.63) is 59.7 Å². The van der Waals surface area contributed by atoms with Gasteiger partial charge in [0.15, 0.2) is 5.75 Å². The molecule has 0 unspecified atom stereocenters. The predicted molar refractivity (Wildman–Crippen MR) is 87.1 cm³/mol. The maximum Gasteiger partial charge on any atom is 0.331 e. The monoisotopic (exact) mass is 298 g/mol. The highest BCUT2D eigenvalue weighted by atomic mass is 16.5. The molecule has 0 saturated heterocycles. The van der Waals surface area contributed by atoms with E-state index in [-0.39, 0.29) is 6.61 Å². The first-order valence-corrected chi connectivity index (χ1v) is 6.72. The van der Waals surface area contributed by atoms with Crippen molar-refractivity contribution in [2.75, 3.05) is 18.6 Å². The average molecular weight is 298 g/mol. The van der Waals surface area contributed by atoms with Gasteiger partial charge in [-0.15, -0.1) is 0 Å². The Morgan fingerprint density at radius 2 is 1.77 bits per heavy atom. The number of hydrogen-bond acceptors (Lipinski definition) is 5. The highest BCUT2D eigenvalue weighted by molar-refractivity contribution is 5.88. The zero-order chi connectivity index (χ0) is 15.9. The molecule has 0 aliphatic rings. The van der Waals surface area contributed by atoms with E-state index in [9.17, 15) is 4.79 Å². The fraction of sp³-hybridized carbons (Fsp3) is 0.118. The fourth-order valence-electron chi connectivity index (χ4n) is 1.97. The van der Waals surface area contributed by atoms with Crippen LogP contribution in [0.2, 0.25) is 0 Å². The molecule has 0 amide bonds. The number of nitrogens with two attached hydrogens (primary N) is 2. The maximum absolute atomic E-state index is 11.7. The third-order valence-corrected chi connectivity index (χ3v) is 3.01. The number of benzene rings is 2. The lowest BCUT2D eigenvalue weighted by Gasteiger charge is -2.08. The van der Waals surface area contributed by atoms with Crippen molar-refractivity contribution in [3.8, 4) is 5.75 Å². The van der Waals surface area contributed by atoms with E-state index in [1.54, 1.807) is 18.2 Å². The SMILES string of the molecule is COc1c(N)cc(/C=C/C(=O)OCc2ccccc2)cc1N. The van der Waals surface area contributed by atoms with Crippen LogP contribution < -0.4 is 16.2 Å². The average Bonchev–Trinajstić information content (AvgIpc) is 2.52. The smallest absolute Gasteiger partial charge is 0.331 e. The second kappa shape index (κ2) is 7.17. The number of carbonyl (C=O) groups is 1. The topological polar surface area (TPSA) is 87.6 Å². The van der Waals surface area contributed by atoms with Gasteiger partial charge in [-0.3, -0.25) is 0 Å². The summed E-state index contributed by atoms with van der Waals surface area (Å²) in [5, 5.41) is 0. The van der Waals surface area contributed by atoms with Gasteiger partial charge in [-0.1, -0.05) is 30.3 Å². The third kappa shape index (κ3) is 4.02. The van der Waals surface area contributed by atoms with Gasteiger partial charge in [0.2, 0.25) is 0 Å². The van der Waals surface area contributed by atoms with Crippen molar-refractivity contribution in [3.63, 3.8) is 0 Å². The summed E-state index contributed by atoms with van der Waals surface area (Å²) in [4.78, 5) is 11.7. The van der Waals surface area contributed by atoms with E-state index in [1.165, 1.54) is 13.2 Å². The zero-order valence-electron chi connectivity index (χ0n) is 12.3. The van der Waals surface area contributed by atoms with E-state index in [4.69, 9.17) is 20.9 Å². The van der Waals surface area contributed by atoms with E-state index < -0.39 is 5.97 Å². The molecule has 0 bridgehead atoms. The standard InChI is InChI=1S/C17H18N2O3/c1-21-17-14(18)9-13(10-15(17)19)7-8-16(20)22-11-12-5-3-2-4-6-12/h2-10H,11,18-19H2,1H3/b8-7+. The zero-order valence-corrected chi connectivity index (χ0v) is 12.3. The van der Waals surface area contributed by atoms with Gasteiger partial charge in [-0.2, -0.15) is 0 Å². The van der Waals surface area contributed by atoms with E-state index in [0.717, 1.165) is 5.56 Å².